The van der Waals surface area contributed by atoms with Crippen molar-refractivity contribution in [2.45, 2.75) is 63.7 Å². The van der Waals surface area contributed by atoms with Crippen LogP contribution < -0.4 is 20.9 Å². The molecule has 204 valence electrons. The van der Waals surface area contributed by atoms with Gasteiger partial charge >= 0.3 is 19.4 Å². The first kappa shape index (κ1) is 28.7. The second-order valence-electron chi connectivity index (χ2n) is 8.84. The molecular formula is C22H28F2N3O9P. The summed E-state index contributed by atoms with van der Waals surface area (Å²) >= 11 is 0. The molecule has 0 aliphatic carbocycles. The summed E-state index contributed by atoms with van der Waals surface area (Å²) in [5, 5.41) is 12.8. The Morgan fingerprint density at radius 3 is 2.49 bits per heavy atom. The van der Waals surface area contributed by atoms with E-state index in [2.05, 4.69) is 5.09 Å². The number of esters is 1. The van der Waals surface area contributed by atoms with Gasteiger partial charge in [-0.05, 0) is 39.8 Å². The largest absolute Gasteiger partial charge is 0.462 e. The van der Waals surface area contributed by atoms with Gasteiger partial charge < -0.3 is 19.1 Å². The monoisotopic (exact) mass is 547 g/mol. The normalized spacial score (nSPS) is 28.0. The zero-order valence-electron chi connectivity index (χ0n) is 20.4. The zero-order valence-corrected chi connectivity index (χ0v) is 21.3. The Balaban J connectivity index is 1.86. The van der Waals surface area contributed by atoms with Crippen LogP contribution in [0.5, 0.6) is 5.75 Å². The van der Waals surface area contributed by atoms with E-state index in [0.29, 0.717) is 4.57 Å². The van der Waals surface area contributed by atoms with Crippen LogP contribution in [0.3, 0.4) is 0 Å². The predicted molar refractivity (Wildman–Crippen MR) is 125 cm³/mol. The number of nitrogens with one attached hydrogen (secondary N) is 2. The molecule has 1 aromatic heterocycles. The number of aromatic nitrogens is 2. The maximum absolute atomic E-state index is 15.8. The topological polar surface area (TPSA) is 158 Å². The first-order chi connectivity index (χ1) is 17.2. The molecule has 6 unspecified atom stereocenters. The fraction of sp³-hybridized carbons (Fsp3) is 0.500. The van der Waals surface area contributed by atoms with E-state index < -0.39 is 67.6 Å². The van der Waals surface area contributed by atoms with E-state index in [1.807, 2.05) is 4.98 Å². The van der Waals surface area contributed by atoms with Crippen LogP contribution in [0.1, 0.15) is 33.9 Å². The third-order valence-electron chi connectivity index (χ3n) is 5.29. The van der Waals surface area contributed by atoms with Crippen molar-refractivity contribution in [3.05, 3.63) is 63.4 Å². The first-order valence-corrected chi connectivity index (χ1v) is 12.7. The van der Waals surface area contributed by atoms with E-state index in [0.717, 1.165) is 19.2 Å². The van der Waals surface area contributed by atoms with Crippen molar-refractivity contribution in [2.75, 3.05) is 6.61 Å². The van der Waals surface area contributed by atoms with Gasteiger partial charge in [0.25, 0.3) is 11.4 Å². The average Bonchev–Trinajstić information content (AvgIpc) is 2.98. The van der Waals surface area contributed by atoms with Crippen LogP contribution in [0.15, 0.2) is 52.2 Å². The van der Waals surface area contributed by atoms with E-state index in [1.165, 1.54) is 19.1 Å². The fourth-order valence-electron chi connectivity index (χ4n) is 3.48. The van der Waals surface area contributed by atoms with Gasteiger partial charge in [-0.1, -0.05) is 18.2 Å². The number of H-pyrrole nitrogens is 1. The molecule has 0 amide bonds. The molecule has 3 N–H and O–H groups in total. The molecule has 0 bridgehead atoms. The van der Waals surface area contributed by atoms with Crippen molar-refractivity contribution in [3.8, 4) is 5.75 Å². The number of halogens is 2. The molecule has 12 nitrogen and oxygen atoms in total. The van der Waals surface area contributed by atoms with Crippen LogP contribution in [0.2, 0.25) is 0 Å². The summed E-state index contributed by atoms with van der Waals surface area (Å²) in [5.41, 5.74) is -4.80. The Bertz CT molecular complexity index is 1270. The van der Waals surface area contributed by atoms with Gasteiger partial charge in [-0.15, -0.1) is 0 Å². The summed E-state index contributed by atoms with van der Waals surface area (Å²) in [4.78, 5) is 37.6. The number of hydrogen-bond acceptors (Lipinski definition) is 9. The highest BCUT2D eigenvalue weighted by Gasteiger charge is 2.65. The lowest BCUT2D eigenvalue weighted by molar-refractivity contribution is -0.204. The number of benzene rings is 1. The summed E-state index contributed by atoms with van der Waals surface area (Å²) in [7, 11) is -4.59. The molecule has 1 aliphatic heterocycles. The van der Waals surface area contributed by atoms with Crippen LogP contribution in [-0.2, 0) is 23.4 Å². The summed E-state index contributed by atoms with van der Waals surface area (Å²) in [5.74, 6) is -4.11. The second-order valence-corrected chi connectivity index (χ2v) is 10.5. The minimum Gasteiger partial charge on any atom is -0.462 e. The molecule has 3 rings (SSSR count). The van der Waals surface area contributed by atoms with Crippen LogP contribution in [0, 0.1) is 0 Å². The maximum Gasteiger partial charge on any atom is 0.459 e. The number of ether oxygens (including phenoxy) is 2. The Morgan fingerprint density at radius 1 is 1.24 bits per heavy atom. The SMILES string of the molecule is CC(C)OC(=O)C(C)NP(=O)(OCC1(F)OC(n2ccc(=O)[nH]c2=O)C(C)(F)C1O)Oc1ccccc1. The van der Waals surface area contributed by atoms with Crippen LogP contribution in [0.25, 0.3) is 0 Å². The zero-order chi connectivity index (χ0) is 27.6. The maximum atomic E-state index is 15.8. The molecule has 2 aromatic rings. The summed E-state index contributed by atoms with van der Waals surface area (Å²) in [6.07, 6.45) is -4.17. The third kappa shape index (κ3) is 6.51. The lowest BCUT2D eigenvalue weighted by Crippen LogP contribution is -2.47. The molecule has 37 heavy (non-hydrogen) atoms. The summed E-state index contributed by atoms with van der Waals surface area (Å²) in [6.45, 7) is 3.95. The molecule has 0 saturated carbocycles. The van der Waals surface area contributed by atoms with Gasteiger partial charge in [0.15, 0.2) is 18.0 Å². The van der Waals surface area contributed by atoms with Gasteiger partial charge in [-0.2, -0.15) is 5.09 Å². The minimum atomic E-state index is -4.59. The number of rotatable bonds is 10. The van der Waals surface area contributed by atoms with E-state index in [1.54, 1.807) is 32.0 Å². The lowest BCUT2D eigenvalue weighted by atomic mass is 9.97. The minimum absolute atomic E-state index is 0.0246. The van der Waals surface area contributed by atoms with E-state index in [4.69, 9.17) is 18.5 Å². The van der Waals surface area contributed by atoms with Crippen LogP contribution in [-0.4, -0.2) is 57.0 Å². The van der Waals surface area contributed by atoms with Gasteiger partial charge in [-0.3, -0.25) is 23.7 Å². The Morgan fingerprint density at radius 2 is 1.89 bits per heavy atom. The number of carbonyl (C=O) groups is 1. The van der Waals surface area contributed by atoms with Crippen molar-refractivity contribution >= 4 is 13.7 Å². The Hall–Kier alpha value is -2.90. The van der Waals surface area contributed by atoms with Gasteiger partial charge in [0.1, 0.15) is 18.4 Å². The molecule has 0 radical (unpaired) electrons. The molecule has 1 saturated heterocycles. The van der Waals surface area contributed by atoms with Crippen molar-refractivity contribution in [1.82, 2.24) is 14.6 Å². The van der Waals surface area contributed by atoms with Crippen LogP contribution >= 0.6 is 7.75 Å². The standard InChI is InChI=1S/C22H28F2N3O9P/c1-13(2)34-17(29)14(3)26-37(32,36-15-8-6-5-7-9-15)33-12-22(24)18(30)21(4,23)19(35-22)27-11-10-16(28)25-20(27)31/h5-11,13-14,18-19,30H,12H2,1-4H3,(H,26,32)(H,25,28,31). The van der Waals surface area contributed by atoms with Gasteiger partial charge in [0.05, 0.1) is 6.10 Å². The molecule has 1 aromatic carbocycles. The van der Waals surface area contributed by atoms with Crippen molar-refractivity contribution < 1.29 is 41.8 Å². The summed E-state index contributed by atoms with van der Waals surface area (Å²) < 4.78 is 66.0. The second kappa shape index (κ2) is 10.8. The van der Waals surface area contributed by atoms with Crippen molar-refractivity contribution in [2.24, 2.45) is 0 Å². The number of aliphatic hydroxyl groups excluding tert-OH is 1. The quantitative estimate of drug-likeness (QED) is 0.297. The average molecular weight is 547 g/mol. The highest BCUT2D eigenvalue weighted by molar-refractivity contribution is 7.52. The molecule has 2 heterocycles. The smallest absolute Gasteiger partial charge is 0.459 e. The number of alkyl halides is 2. The lowest BCUT2D eigenvalue weighted by Gasteiger charge is -2.28. The number of aliphatic hydroxyl groups is 1. The Kier molecular flexibility index (Phi) is 8.40. The molecule has 1 fully saturated rings. The number of carbonyl (C=O) groups excluding carboxylic acids is 1. The predicted octanol–water partition coefficient (Wildman–Crippen LogP) is 1.95. The van der Waals surface area contributed by atoms with E-state index in [-0.39, 0.29) is 5.75 Å². The molecule has 15 heteroatoms. The van der Waals surface area contributed by atoms with Crippen molar-refractivity contribution in [3.63, 3.8) is 0 Å². The number of nitrogens with zero attached hydrogens (tertiary/aromatic N) is 1. The van der Waals surface area contributed by atoms with Gasteiger partial charge in [0.2, 0.25) is 0 Å². The number of hydrogen-bond donors (Lipinski definition) is 3. The first-order valence-electron chi connectivity index (χ1n) is 11.2. The fourth-order valence-corrected chi connectivity index (χ4v) is 4.99. The molecule has 1 aliphatic rings. The van der Waals surface area contributed by atoms with Crippen molar-refractivity contribution in [1.29, 1.82) is 0 Å². The molecular weight excluding hydrogens is 519 g/mol. The van der Waals surface area contributed by atoms with Gasteiger partial charge in [-0.25, -0.2) is 18.1 Å². The van der Waals surface area contributed by atoms with E-state index in [9.17, 15) is 24.1 Å². The van der Waals surface area contributed by atoms with E-state index >= 15 is 8.78 Å². The summed E-state index contributed by atoms with van der Waals surface area (Å²) in [6, 6.07) is 7.22. The Labute approximate surface area is 210 Å². The number of para-hydroxylation sites is 1. The molecule has 0 spiro atoms. The highest BCUT2D eigenvalue weighted by atomic mass is 31.2. The highest BCUT2D eigenvalue weighted by Crippen LogP contribution is 2.51. The van der Waals surface area contributed by atoms with Gasteiger partial charge in [0, 0.05) is 12.3 Å². The third-order valence-corrected chi connectivity index (χ3v) is 6.92. The van der Waals surface area contributed by atoms with Crippen LogP contribution in [0.4, 0.5) is 8.78 Å². The molecule has 6 atom stereocenters. The number of aromatic amines is 1.